The van der Waals surface area contributed by atoms with Gasteiger partial charge in [-0.1, -0.05) is 25.4 Å². The predicted octanol–water partition coefficient (Wildman–Crippen LogP) is 3.17. The van der Waals surface area contributed by atoms with Crippen LogP contribution in [0.25, 0.3) is 0 Å². The largest absolute Gasteiger partial charge is 0.260 e. The van der Waals surface area contributed by atoms with E-state index in [0.717, 1.165) is 10.7 Å². The number of halogens is 1. The van der Waals surface area contributed by atoms with Gasteiger partial charge in [0.15, 0.2) is 0 Å². The Labute approximate surface area is 72.4 Å². The standard InChI is InChI=1S/C9H12ClN/c1-6(2)8-4-5-11-7(3)9(8)10/h4-6H,1-3H3. The van der Waals surface area contributed by atoms with Gasteiger partial charge in [0.1, 0.15) is 0 Å². The van der Waals surface area contributed by atoms with E-state index < -0.39 is 0 Å². The lowest BCUT2D eigenvalue weighted by Crippen LogP contribution is -1.92. The zero-order valence-electron chi connectivity index (χ0n) is 7.06. The third-order valence-electron chi connectivity index (χ3n) is 1.72. The fourth-order valence-corrected chi connectivity index (χ4v) is 1.34. The van der Waals surface area contributed by atoms with Crippen molar-refractivity contribution in [3.63, 3.8) is 0 Å². The van der Waals surface area contributed by atoms with Crippen molar-refractivity contribution in [2.24, 2.45) is 0 Å². The monoisotopic (exact) mass is 169 g/mol. The molecular formula is C9H12ClN. The number of aromatic nitrogens is 1. The van der Waals surface area contributed by atoms with Gasteiger partial charge in [0.05, 0.1) is 10.7 Å². The Morgan fingerprint density at radius 1 is 1.45 bits per heavy atom. The summed E-state index contributed by atoms with van der Waals surface area (Å²) < 4.78 is 0. The first-order valence-corrected chi connectivity index (χ1v) is 4.11. The van der Waals surface area contributed by atoms with Gasteiger partial charge in [-0.15, -0.1) is 0 Å². The van der Waals surface area contributed by atoms with Crippen molar-refractivity contribution in [3.8, 4) is 0 Å². The summed E-state index contributed by atoms with van der Waals surface area (Å²) in [6, 6.07) is 1.97. The molecule has 0 aliphatic rings. The van der Waals surface area contributed by atoms with Crippen molar-refractivity contribution < 1.29 is 0 Å². The lowest BCUT2D eigenvalue weighted by molar-refractivity contribution is 0.859. The number of hydrogen-bond donors (Lipinski definition) is 0. The minimum atomic E-state index is 0.476. The average Bonchev–Trinajstić information content (AvgIpc) is 1.94. The van der Waals surface area contributed by atoms with Gasteiger partial charge in [-0.2, -0.15) is 0 Å². The molecule has 0 radical (unpaired) electrons. The van der Waals surface area contributed by atoms with Crippen LogP contribution < -0.4 is 0 Å². The minimum absolute atomic E-state index is 0.476. The maximum Gasteiger partial charge on any atom is 0.0653 e. The SMILES string of the molecule is Cc1nccc(C(C)C)c1Cl. The van der Waals surface area contributed by atoms with Crippen molar-refractivity contribution in [1.29, 1.82) is 0 Å². The van der Waals surface area contributed by atoms with Gasteiger partial charge >= 0.3 is 0 Å². The van der Waals surface area contributed by atoms with Gasteiger partial charge in [0, 0.05) is 6.20 Å². The molecule has 1 aromatic rings. The van der Waals surface area contributed by atoms with E-state index in [-0.39, 0.29) is 0 Å². The lowest BCUT2D eigenvalue weighted by atomic mass is 10.0. The first-order valence-electron chi connectivity index (χ1n) is 3.74. The summed E-state index contributed by atoms with van der Waals surface area (Å²) in [4.78, 5) is 4.09. The molecule has 60 valence electrons. The maximum atomic E-state index is 6.03. The molecule has 0 spiro atoms. The van der Waals surface area contributed by atoms with Crippen LogP contribution >= 0.6 is 11.6 Å². The number of hydrogen-bond acceptors (Lipinski definition) is 1. The van der Waals surface area contributed by atoms with E-state index in [2.05, 4.69) is 18.8 Å². The number of rotatable bonds is 1. The fourth-order valence-electron chi connectivity index (χ4n) is 1.01. The molecule has 2 heteroatoms. The molecule has 1 aromatic heterocycles. The maximum absolute atomic E-state index is 6.03. The molecule has 0 aliphatic carbocycles. The van der Waals surface area contributed by atoms with Crippen molar-refractivity contribution in [2.75, 3.05) is 0 Å². The molecule has 0 N–H and O–H groups in total. The second kappa shape index (κ2) is 3.22. The summed E-state index contributed by atoms with van der Waals surface area (Å²) in [5.41, 5.74) is 2.09. The summed E-state index contributed by atoms with van der Waals surface area (Å²) in [7, 11) is 0. The molecule has 0 bridgehead atoms. The lowest BCUT2D eigenvalue weighted by Gasteiger charge is -2.08. The van der Waals surface area contributed by atoms with Crippen LogP contribution in [0.5, 0.6) is 0 Å². The van der Waals surface area contributed by atoms with E-state index in [0.29, 0.717) is 5.92 Å². The van der Waals surface area contributed by atoms with Crippen LogP contribution in [0.3, 0.4) is 0 Å². The van der Waals surface area contributed by atoms with Crippen LogP contribution in [0.2, 0.25) is 5.02 Å². The van der Waals surface area contributed by atoms with Crippen LogP contribution in [0.4, 0.5) is 0 Å². The van der Waals surface area contributed by atoms with E-state index >= 15 is 0 Å². The Hall–Kier alpha value is -0.560. The quantitative estimate of drug-likeness (QED) is 0.630. The minimum Gasteiger partial charge on any atom is -0.260 e. The van der Waals surface area contributed by atoms with Crippen molar-refractivity contribution in [1.82, 2.24) is 4.98 Å². The predicted molar refractivity (Wildman–Crippen MR) is 48.1 cm³/mol. The molecule has 0 fully saturated rings. The first kappa shape index (κ1) is 8.54. The third-order valence-corrected chi connectivity index (χ3v) is 2.21. The Kier molecular flexibility index (Phi) is 2.50. The Morgan fingerprint density at radius 3 is 2.55 bits per heavy atom. The van der Waals surface area contributed by atoms with E-state index in [1.54, 1.807) is 6.20 Å². The highest BCUT2D eigenvalue weighted by Crippen LogP contribution is 2.24. The Balaban J connectivity index is 3.17. The molecule has 0 saturated heterocycles. The van der Waals surface area contributed by atoms with Gasteiger partial charge < -0.3 is 0 Å². The third kappa shape index (κ3) is 1.72. The van der Waals surface area contributed by atoms with Gasteiger partial charge in [0.25, 0.3) is 0 Å². The molecular weight excluding hydrogens is 158 g/mol. The number of pyridine rings is 1. The van der Waals surface area contributed by atoms with E-state index in [1.807, 2.05) is 13.0 Å². The smallest absolute Gasteiger partial charge is 0.0653 e. The second-order valence-corrected chi connectivity index (χ2v) is 3.33. The average molecular weight is 170 g/mol. The summed E-state index contributed by atoms with van der Waals surface area (Å²) in [5, 5.41) is 0.808. The number of aryl methyl sites for hydroxylation is 1. The highest BCUT2D eigenvalue weighted by atomic mass is 35.5. The van der Waals surface area contributed by atoms with Crippen molar-refractivity contribution in [2.45, 2.75) is 26.7 Å². The van der Waals surface area contributed by atoms with Gasteiger partial charge in [0.2, 0.25) is 0 Å². The molecule has 0 amide bonds. The van der Waals surface area contributed by atoms with Crippen molar-refractivity contribution in [3.05, 3.63) is 28.5 Å². The fraction of sp³-hybridized carbons (Fsp3) is 0.444. The number of nitrogens with zero attached hydrogens (tertiary/aromatic N) is 1. The van der Waals surface area contributed by atoms with E-state index in [4.69, 9.17) is 11.6 Å². The zero-order valence-corrected chi connectivity index (χ0v) is 7.81. The molecule has 0 aliphatic heterocycles. The Bertz CT molecular complexity index is 256. The zero-order chi connectivity index (χ0) is 8.43. The first-order chi connectivity index (χ1) is 5.13. The molecule has 1 nitrogen and oxygen atoms in total. The van der Waals surface area contributed by atoms with Crippen LogP contribution in [-0.4, -0.2) is 4.98 Å². The normalized spacial score (nSPS) is 10.6. The molecule has 11 heavy (non-hydrogen) atoms. The van der Waals surface area contributed by atoms with Crippen LogP contribution in [0.1, 0.15) is 31.0 Å². The second-order valence-electron chi connectivity index (χ2n) is 2.95. The Morgan fingerprint density at radius 2 is 2.09 bits per heavy atom. The molecule has 0 saturated carbocycles. The van der Waals surface area contributed by atoms with E-state index in [9.17, 15) is 0 Å². The molecule has 1 rings (SSSR count). The van der Waals surface area contributed by atoms with Crippen LogP contribution in [-0.2, 0) is 0 Å². The van der Waals surface area contributed by atoms with Crippen LogP contribution in [0.15, 0.2) is 12.3 Å². The van der Waals surface area contributed by atoms with Gasteiger partial charge in [-0.3, -0.25) is 4.98 Å². The summed E-state index contributed by atoms with van der Waals surface area (Å²) in [6.45, 7) is 6.18. The summed E-state index contributed by atoms with van der Waals surface area (Å²) in [5.74, 6) is 0.476. The van der Waals surface area contributed by atoms with Gasteiger partial charge in [-0.05, 0) is 24.5 Å². The van der Waals surface area contributed by atoms with Crippen LogP contribution in [0, 0.1) is 6.92 Å². The molecule has 0 aromatic carbocycles. The summed E-state index contributed by atoms with van der Waals surface area (Å²) in [6.07, 6.45) is 1.80. The highest BCUT2D eigenvalue weighted by Gasteiger charge is 2.06. The van der Waals surface area contributed by atoms with E-state index in [1.165, 1.54) is 5.56 Å². The van der Waals surface area contributed by atoms with Gasteiger partial charge in [-0.25, -0.2) is 0 Å². The highest BCUT2D eigenvalue weighted by molar-refractivity contribution is 6.32. The van der Waals surface area contributed by atoms with Crippen molar-refractivity contribution >= 4 is 11.6 Å². The summed E-state index contributed by atoms with van der Waals surface area (Å²) >= 11 is 6.03. The topological polar surface area (TPSA) is 12.9 Å². The molecule has 1 heterocycles. The molecule has 0 atom stereocenters. The molecule has 0 unspecified atom stereocenters.